The normalized spacial score (nSPS) is 17.9. The summed E-state index contributed by atoms with van der Waals surface area (Å²) in [5.41, 5.74) is 0. The van der Waals surface area contributed by atoms with E-state index in [-0.39, 0.29) is 0 Å². The van der Waals surface area contributed by atoms with Crippen molar-refractivity contribution in [1.29, 1.82) is 0 Å². The molecule has 0 bridgehead atoms. The van der Waals surface area contributed by atoms with Crippen LogP contribution in [0, 0.1) is 5.92 Å². The van der Waals surface area contributed by atoms with Crippen LogP contribution < -0.4 is 0 Å². The second kappa shape index (κ2) is 7.78. The number of rotatable bonds is 4. The maximum atomic E-state index is 9.89. The predicted octanol–water partition coefficient (Wildman–Crippen LogP) is 2.60. The summed E-state index contributed by atoms with van der Waals surface area (Å²) < 4.78 is 14.4. The average molecular weight is 194 g/mol. The van der Waals surface area contributed by atoms with Gasteiger partial charge in [0.2, 0.25) is 0 Å². The lowest BCUT2D eigenvalue weighted by Gasteiger charge is -1.93. The van der Waals surface area contributed by atoms with Crippen LogP contribution in [-0.2, 0) is 9.09 Å². The van der Waals surface area contributed by atoms with E-state index in [2.05, 4.69) is 18.4 Å². The van der Waals surface area contributed by atoms with Gasteiger partial charge < -0.3 is 9.42 Å². The Morgan fingerprint density at radius 2 is 1.92 bits per heavy atom. The minimum absolute atomic E-state index is 0.480. The Morgan fingerprint density at radius 3 is 2.17 bits per heavy atom. The Morgan fingerprint density at radius 1 is 1.42 bits per heavy atom. The van der Waals surface area contributed by atoms with Gasteiger partial charge in [0.05, 0.1) is 6.61 Å². The molecule has 0 aromatic carbocycles. The van der Waals surface area contributed by atoms with E-state index in [9.17, 15) is 4.57 Å². The maximum absolute atomic E-state index is 9.89. The summed E-state index contributed by atoms with van der Waals surface area (Å²) in [6.45, 7) is 4.84. The van der Waals surface area contributed by atoms with Gasteiger partial charge in [0.1, 0.15) is 0 Å². The fourth-order valence-electron chi connectivity index (χ4n) is 0.474. The standard InChI is InChI=1S/C4H9O3P.C4H10/c5-8(6)7-3-4-1-2-4;1-3-4-2/h4,8H,1-3H2,(H,5,6);3-4H2,1-2H3. The van der Waals surface area contributed by atoms with Crippen molar-refractivity contribution in [1.82, 2.24) is 0 Å². The van der Waals surface area contributed by atoms with E-state index in [0.717, 1.165) is 12.8 Å². The molecule has 1 atom stereocenters. The largest absolute Gasteiger partial charge is 0.326 e. The molecule has 1 unspecified atom stereocenters. The molecule has 12 heavy (non-hydrogen) atoms. The summed E-state index contributed by atoms with van der Waals surface area (Å²) >= 11 is 0. The van der Waals surface area contributed by atoms with Crippen LogP contribution in [0.4, 0.5) is 0 Å². The van der Waals surface area contributed by atoms with E-state index in [0.29, 0.717) is 12.5 Å². The zero-order valence-electron chi connectivity index (χ0n) is 7.88. The van der Waals surface area contributed by atoms with Crippen molar-refractivity contribution in [2.45, 2.75) is 39.5 Å². The van der Waals surface area contributed by atoms with Crippen molar-refractivity contribution in [3.05, 3.63) is 0 Å². The maximum Gasteiger partial charge on any atom is 0.316 e. The molecule has 74 valence electrons. The van der Waals surface area contributed by atoms with E-state index in [4.69, 9.17) is 4.89 Å². The smallest absolute Gasteiger partial charge is 0.316 e. The highest BCUT2D eigenvalue weighted by molar-refractivity contribution is 7.32. The fourth-order valence-corrected chi connectivity index (χ4v) is 0.852. The summed E-state index contributed by atoms with van der Waals surface area (Å²) in [4.78, 5) is 8.15. The van der Waals surface area contributed by atoms with Crippen LogP contribution in [0.25, 0.3) is 0 Å². The molecule has 1 saturated carbocycles. The first-order chi connectivity index (χ1) is 5.70. The van der Waals surface area contributed by atoms with Crippen molar-refractivity contribution < 1.29 is 14.0 Å². The molecule has 1 N–H and O–H groups in total. The molecule has 3 nitrogen and oxygen atoms in total. The third-order valence-corrected chi connectivity index (χ3v) is 2.05. The zero-order chi connectivity index (χ0) is 9.40. The Balaban J connectivity index is 0.000000261. The van der Waals surface area contributed by atoms with Gasteiger partial charge >= 0.3 is 8.25 Å². The fraction of sp³-hybridized carbons (Fsp3) is 1.00. The van der Waals surface area contributed by atoms with E-state index in [1.807, 2.05) is 0 Å². The SMILES string of the molecule is CCCC.O=[PH](O)OCC1CC1. The first-order valence-electron chi connectivity index (χ1n) is 4.56. The third-order valence-electron chi connectivity index (χ3n) is 1.64. The zero-order valence-corrected chi connectivity index (χ0v) is 8.88. The average Bonchev–Trinajstić information content (AvgIpc) is 2.84. The topological polar surface area (TPSA) is 46.5 Å². The summed E-state index contributed by atoms with van der Waals surface area (Å²) in [6.07, 6.45) is 4.96. The summed E-state index contributed by atoms with van der Waals surface area (Å²) in [5.74, 6) is 0.580. The predicted molar refractivity (Wildman–Crippen MR) is 50.5 cm³/mol. The Bertz CT molecular complexity index is 121. The molecular weight excluding hydrogens is 175 g/mol. The minimum Gasteiger partial charge on any atom is -0.326 e. The number of hydrogen-bond acceptors (Lipinski definition) is 2. The molecule has 1 aliphatic rings. The van der Waals surface area contributed by atoms with Gasteiger partial charge in [-0.2, -0.15) is 0 Å². The molecule has 4 heteroatoms. The van der Waals surface area contributed by atoms with Crippen LogP contribution in [0.1, 0.15) is 39.5 Å². The lowest BCUT2D eigenvalue weighted by Crippen LogP contribution is -1.86. The molecule has 0 saturated heterocycles. The van der Waals surface area contributed by atoms with Crippen molar-refractivity contribution in [3.63, 3.8) is 0 Å². The second-order valence-corrected chi connectivity index (χ2v) is 3.84. The summed E-state index contributed by atoms with van der Waals surface area (Å²) in [5, 5.41) is 0. The van der Waals surface area contributed by atoms with Gasteiger partial charge in [-0.3, -0.25) is 4.57 Å². The first kappa shape index (κ1) is 12.2. The first-order valence-corrected chi connectivity index (χ1v) is 5.82. The van der Waals surface area contributed by atoms with Crippen molar-refractivity contribution in [2.75, 3.05) is 6.61 Å². The molecule has 0 spiro atoms. The quantitative estimate of drug-likeness (QED) is 0.699. The lowest BCUT2D eigenvalue weighted by atomic mass is 10.4. The molecule has 0 aromatic rings. The van der Waals surface area contributed by atoms with Crippen LogP contribution in [0.2, 0.25) is 0 Å². The highest BCUT2D eigenvalue weighted by Gasteiger charge is 2.21. The van der Waals surface area contributed by atoms with Crippen LogP contribution in [0.5, 0.6) is 0 Å². The molecule has 1 rings (SSSR count). The van der Waals surface area contributed by atoms with Gasteiger partial charge in [0, 0.05) is 0 Å². The summed E-state index contributed by atoms with van der Waals surface area (Å²) in [6, 6.07) is 0. The lowest BCUT2D eigenvalue weighted by molar-refractivity contribution is 0.269. The second-order valence-electron chi connectivity index (χ2n) is 3.02. The molecule has 0 aliphatic heterocycles. The van der Waals surface area contributed by atoms with Gasteiger partial charge in [0.15, 0.2) is 0 Å². The molecule has 1 aliphatic carbocycles. The molecule has 0 aromatic heterocycles. The highest BCUT2D eigenvalue weighted by atomic mass is 31.1. The van der Waals surface area contributed by atoms with Gasteiger partial charge in [0.25, 0.3) is 0 Å². The number of hydrogen-bond donors (Lipinski definition) is 1. The van der Waals surface area contributed by atoms with Crippen LogP contribution in [-0.4, -0.2) is 11.5 Å². The molecule has 1 fully saturated rings. The van der Waals surface area contributed by atoms with E-state index in [1.165, 1.54) is 12.8 Å². The summed E-state index contributed by atoms with van der Waals surface area (Å²) in [7, 11) is -2.64. The molecule has 0 amide bonds. The molecule has 0 heterocycles. The Labute approximate surface area is 75.1 Å². The minimum atomic E-state index is -2.64. The van der Waals surface area contributed by atoms with Gasteiger partial charge in [-0.1, -0.05) is 26.7 Å². The molecular formula is C8H19O3P. The van der Waals surface area contributed by atoms with Crippen LogP contribution >= 0.6 is 8.25 Å². The molecule has 0 radical (unpaired) electrons. The number of unbranched alkanes of at least 4 members (excludes halogenated alkanes) is 1. The van der Waals surface area contributed by atoms with Crippen LogP contribution in [0.3, 0.4) is 0 Å². The van der Waals surface area contributed by atoms with Gasteiger partial charge in [-0.25, -0.2) is 0 Å². The third kappa shape index (κ3) is 10.2. The van der Waals surface area contributed by atoms with E-state index >= 15 is 0 Å². The van der Waals surface area contributed by atoms with Crippen molar-refractivity contribution >= 4 is 8.25 Å². The highest BCUT2D eigenvalue weighted by Crippen LogP contribution is 2.31. The van der Waals surface area contributed by atoms with Gasteiger partial charge in [-0.05, 0) is 18.8 Å². The monoisotopic (exact) mass is 194 g/mol. The Kier molecular flexibility index (Phi) is 7.88. The van der Waals surface area contributed by atoms with Gasteiger partial charge in [-0.15, -0.1) is 0 Å². The van der Waals surface area contributed by atoms with E-state index in [1.54, 1.807) is 0 Å². The van der Waals surface area contributed by atoms with Crippen LogP contribution in [0.15, 0.2) is 0 Å². The van der Waals surface area contributed by atoms with E-state index < -0.39 is 8.25 Å². The van der Waals surface area contributed by atoms with Crippen molar-refractivity contribution in [3.8, 4) is 0 Å². The Hall–Kier alpha value is 0.150. The van der Waals surface area contributed by atoms with Crippen molar-refractivity contribution in [2.24, 2.45) is 5.92 Å².